The predicted molar refractivity (Wildman–Crippen MR) is 63.3 cm³/mol. The van der Waals surface area contributed by atoms with Gasteiger partial charge < -0.3 is 10.6 Å². The van der Waals surface area contributed by atoms with E-state index in [0.29, 0.717) is 31.9 Å². The number of likely N-dealkylation sites (N-methyl/N-ethyl adjacent to an activating group) is 1. The third-order valence-corrected chi connectivity index (χ3v) is 2.49. The molecular formula is C11H20N4O. The normalized spacial score (nSPS) is 10.5. The second kappa shape index (κ2) is 5.65. The van der Waals surface area contributed by atoms with Crippen LogP contribution in [0, 0.1) is 6.92 Å². The average molecular weight is 224 g/mol. The van der Waals surface area contributed by atoms with Crippen LogP contribution < -0.4 is 5.73 Å². The van der Waals surface area contributed by atoms with Gasteiger partial charge in [0, 0.05) is 26.2 Å². The lowest BCUT2D eigenvalue weighted by Crippen LogP contribution is -2.36. The van der Waals surface area contributed by atoms with Gasteiger partial charge >= 0.3 is 0 Å². The van der Waals surface area contributed by atoms with Gasteiger partial charge in [-0.05, 0) is 26.8 Å². The fourth-order valence-electron chi connectivity index (χ4n) is 1.68. The number of carbonyl (C=O) groups excluding carboxylic acids is 1. The van der Waals surface area contributed by atoms with Crippen LogP contribution in [0.1, 0.15) is 30.0 Å². The number of hydrogen-bond acceptors (Lipinski definition) is 3. The second-order valence-electron chi connectivity index (χ2n) is 3.66. The highest BCUT2D eigenvalue weighted by Crippen LogP contribution is 2.07. The Morgan fingerprint density at radius 2 is 2.25 bits per heavy atom. The van der Waals surface area contributed by atoms with Crippen LogP contribution in [0.25, 0.3) is 0 Å². The van der Waals surface area contributed by atoms with Crippen LogP contribution in [0.2, 0.25) is 0 Å². The van der Waals surface area contributed by atoms with Gasteiger partial charge in [0.15, 0.2) is 0 Å². The van der Waals surface area contributed by atoms with E-state index >= 15 is 0 Å². The molecule has 0 atom stereocenters. The Morgan fingerprint density at radius 1 is 1.56 bits per heavy atom. The molecule has 0 saturated heterocycles. The summed E-state index contributed by atoms with van der Waals surface area (Å²) in [5, 5.41) is 4.26. The van der Waals surface area contributed by atoms with Gasteiger partial charge in [-0.1, -0.05) is 0 Å². The number of aromatic nitrogens is 2. The third-order valence-electron chi connectivity index (χ3n) is 2.49. The summed E-state index contributed by atoms with van der Waals surface area (Å²) >= 11 is 0. The highest BCUT2D eigenvalue weighted by atomic mass is 16.2. The number of aryl methyl sites for hydroxylation is 2. The average Bonchev–Trinajstić information content (AvgIpc) is 2.66. The fraction of sp³-hybridized carbons (Fsp3) is 0.636. The van der Waals surface area contributed by atoms with Crippen molar-refractivity contribution >= 4 is 5.91 Å². The van der Waals surface area contributed by atoms with Gasteiger partial charge in [-0.3, -0.25) is 9.48 Å². The maximum absolute atomic E-state index is 12.2. The molecule has 5 heteroatoms. The van der Waals surface area contributed by atoms with Crippen molar-refractivity contribution in [3.63, 3.8) is 0 Å². The molecule has 0 bridgehead atoms. The zero-order valence-corrected chi connectivity index (χ0v) is 10.2. The van der Waals surface area contributed by atoms with Crippen molar-refractivity contribution in [1.29, 1.82) is 0 Å². The minimum Gasteiger partial charge on any atom is -0.336 e. The lowest BCUT2D eigenvalue weighted by molar-refractivity contribution is 0.0756. The summed E-state index contributed by atoms with van der Waals surface area (Å²) in [7, 11) is 0. The number of amides is 1. The molecule has 0 aliphatic heterocycles. The summed E-state index contributed by atoms with van der Waals surface area (Å²) in [5.41, 5.74) is 7.00. The third kappa shape index (κ3) is 2.61. The highest BCUT2D eigenvalue weighted by molar-refractivity contribution is 5.92. The van der Waals surface area contributed by atoms with Gasteiger partial charge in [0.2, 0.25) is 0 Å². The zero-order chi connectivity index (χ0) is 12.1. The molecule has 0 unspecified atom stereocenters. The van der Waals surface area contributed by atoms with Gasteiger partial charge in [0.05, 0.1) is 5.69 Å². The molecule has 2 N–H and O–H groups in total. The van der Waals surface area contributed by atoms with E-state index in [9.17, 15) is 4.79 Å². The first-order valence-corrected chi connectivity index (χ1v) is 5.67. The van der Waals surface area contributed by atoms with E-state index in [1.54, 1.807) is 9.58 Å². The van der Waals surface area contributed by atoms with E-state index in [0.717, 1.165) is 5.69 Å². The Kier molecular flexibility index (Phi) is 4.49. The Morgan fingerprint density at radius 3 is 2.75 bits per heavy atom. The van der Waals surface area contributed by atoms with Crippen LogP contribution >= 0.6 is 0 Å². The standard InChI is InChI=1S/C11H20N4O/c1-4-14(7-6-12)11(16)10-8-9(3)13-15(10)5-2/h8H,4-7,12H2,1-3H3. The van der Waals surface area contributed by atoms with Crippen LogP contribution in [0.4, 0.5) is 0 Å². The number of hydrogen-bond donors (Lipinski definition) is 1. The smallest absolute Gasteiger partial charge is 0.272 e. The lowest BCUT2D eigenvalue weighted by atomic mass is 10.3. The minimum atomic E-state index is 0.00963. The second-order valence-corrected chi connectivity index (χ2v) is 3.66. The summed E-state index contributed by atoms with van der Waals surface area (Å²) in [6.45, 7) is 8.26. The molecule has 0 radical (unpaired) electrons. The van der Waals surface area contributed by atoms with E-state index in [1.807, 2.05) is 26.8 Å². The van der Waals surface area contributed by atoms with Crippen molar-refractivity contribution in [2.45, 2.75) is 27.3 Å². The van der Waals surface area contributed by atoms with Gasteiger partial charge in [-0.25, -0.2) is 0 Å². The van der Waals surface area contributed by atoms with Crippen molar-refractivity contribution in [3.8, 4) is 0 Å². The minimum absolute atomic E-state index is 0.00963. The van der Waals surface area contributed by atoms with E-state index in [1.165, 1.54) is 0 Å². The molecule has 5 nitrogen and oxygen atoms in total. The van der Waals surface area contributed by atoms with E-state index in [2.05, 4.69) is 5.10 Å². The largest absolute Gasteiger partial charge is 0.336 e. The summed E-state index contributed by atoms with van der Waals surface area (Å²) < 4.78 is 1.73. The molecule has 90 valence electrons. The van der Waals surface area contributed by atoms with Crippen LogP contribution in [0.5, 0.6) is 0 Å². The van der Waals surface area contributed by atoms with Crippen molar-refractivity contribution in [1.82, 2.24) is 14.7 Å². The van der Waals surface area contributed by atoms with E-state index in [4.69, 9.17) is 5.73 Å². The van der Waals surface area contributed by atoms with Crippen molar-refractivity contribution in [2.75, 3.05) is 19.6 Å². The Hall–Kier alpha value is -1.36. The summed E-state index contributed by atoms with van der Waals surface area (Å²) in [6.07, 6.45) is 0. The molecule has 1 amide bonds. The molecule has 1 aromatic rings. The van der Waals surface area contributed by atoms with Crippen LogP contribution in [-0.2, 0) is 6.54 Å². The number of carbonyl (C=O) groups is 1. The molecule has 0 spiro atoms. The number of nitrogens with two attached hydrogens (primary N) is 1. The first-order valence-electron chi connectivity index (χ1n) is 5.67. The molecule has 0 fully saturated rings. The summed E-state index contributed by atoms with van der Waals surface area (Å²) in [4.78, 5) is 13.9. The van der Waals surface area contributed by atoms with Crippen LogP contribution in [-0.4, -0.2) is 40.2 Å². The van der Waals surface area contributed by atoms with E-state index < -0.39 is 0 Å². The molecule has 0 saturated carbocycles. The van der Waals surface area contributed by atoms with E-state index in [-0.39, 0.29) is 5.91 Å². The Bertz CT molecular complexity index is 359. The summed E-state index contributed by atoms with van der Waals surface area (Å²) in [5.74, 6) is 0.00963. The molecule has 1 rings (SSSR count). The van der Waals surface area contributed by atoms with Crippen molar-refractivity contribution in [3.05, 3.63) is 17.5 Å². The van der Waals surface area contributed by atoms with Gasteiger partial charge in [-0.2, -0.15) is 5.10 Å². The molecular weight excluding hydrogens is 204 g/mol. The topological polar surface area (TPSA) is 64.2 Å². The van der Waals surface area contributed by atoms with Gasteiger partial charge in [0.1, 0.15) is 5.69 Å². The quantitative estimate of drug-likeness (QED) is 0.798. The molecule has 16 heavy (non-hydrogen) atoms. The zero-order valence-electron chi connectivity index (χ0n) is 10.2. The van der Waals surface area contributed by atoms with Gasteiger partial charge in [-0.15, -0.1) is 0 Å². The fourth-order valence-corrected chi connectivity index (χ4v) is 1.68. The molecule has 1 aromatic heterocycles. The first kappa shape index (κ1) is 12.7. The monoisotopic (exact) mass is 224 g/mol. The first-order chi connectivity index (χ1) is 7.63. The molecule has 0 aromatic carbocycles. The summed E-state index contributed by atoms with van der Waals surface area (Å²) in [6, 6.07) is 1.82. The maximum atomic E-state index is 12.2. The van der Waals surface area contributed by atoms with Crippen molar-refractivity contribution in [2.24, 2.45) is 5.73 Å². The Labute approximate surface area is 96.2 Å². The lowest BCUT2D eigenvalue weighted by Gasteiger charge is -2.20. The number of nitrogens with zero attached hydrogens (tertiary/aromatic N) is 3. The molecule has 0 aliphatic rings. The van der Waals surface area contributed by atoms with Crippen LogP contribution in [0.3, 0.4) is 0 Å². The van der Waals surface area contributed by atoms with Gasteiger partial charge in [0.25, 0.3) is 5.91 Å². The van der Waals surface area contributed by atoms with Crippen molar-refractivity contribution < 1.29 is 4.79 Å². The molecule has 0 aliphatic carbocycles. The predicted octanol–water partition coefficient (Wildman–Crippen LogP) is 0.632. The Balaban J connectivity index is 2.93. The SMILES string of the molecule is CCN(CCN)C(=O)c1cc(C)nn1CC. The van der Waals surface area contributed by atoms with Crippen LogP contribution in [0.15, 0.2) is 6.07 Å². The molecule has 1 heterocycles. The highest BCUT2D eigenvalue weighted by Gasteiger charge is 2.18. The maximum Gasteiger partial charge on any atom is 0.272 e. The number of rotatable bonds is 5.